The Morgan fingerprint density at radius 2 is 2.06 bits per heavy atom. The Morgan fingerprint density at radius 3 is 2.61 bits per heavy atom. The summed E-state index contributed by atoms with van der Waals surface area (Å²) in [4.78, 5) is 3.46. The highest BCUT2D eigenvalue weighted by atomic mass is 32.2. The molecule has 0 spiro atoms. The highest BCUT2D eigenvalue weighted by Gasteiger charge is 2.20. The van der Waals surface area contributed by atoms with Crippen molar-refractivity contribution in [2.75, 3.05) is 6.26 Å². The third-order valence-corrected chi connectivity index (χ3v) is 3.39. The van der Waals surface area contributed by atoms with E-state index in [9.17, 15) is 17.9 Å². The van der Waals surface area contributed by atoms with Crippen LogP contribution in [-0.4, -0.2) is 24.8 Å². The third-order valence-electron chi connectivity index (χ3n) is 2.38. The zero-order valence-electron chi connectivity index (χ0n) is 9.18. The first-order valence-corrected chi connectivity index (χ1v) is 6.66. The van der Waals surface area contributed by atoms with Crippen molar-refractivity contribution in [1.29, 1.82) is 5.26 Å². The molecular formula is C11H7FN2O3S. The second-order valence-corrected chi connectivity index (χ2v) is 5.62. The van der Waals surface area contributed by atoms with Gasteiger partial charge >= 0.3 is 0 Å². The summed E-state index contributed by atoms with van der Waals surface area (Å²) in [6.07, 6.45) is 0.894. The third kappa shape index (κ3) is 1.87. The van der Waals surface area contributed by atoms with E-state index >= 15 is 0 Å². The normalized spacial score (nSPS) is 11.4. The minimum atomic E-state index is -3.74. The van der Waals surface area contributed by atoms with Crippen LogP contribution in [0.1, 0.15) is 5.56 Å². The lowest BCUT2D eigenvalue weighted by molar-refractivity contribution is 0.447. The van der Waals surface area contributed by atoms with Crippen LogP contribution in [-0.2, 0) is 9.84 Å². The van der Waals surface area contributed by atoms with Gasteiger partial charge in [-0.3, -0.25) is 0 Å². The van der Waals surface area contributed by atoms with E-state index in [1.165, 1.54) is 6.07 Å². The Kier molecular flexibility index (Phi) is 2.67. The number of hydrogen-bond donors (Lipinski definition) is 1. The van der Waals surface area contributed by atoms with E-state index in [0.29, 0.717) is 0 Å². The van der Waals surface area contributed by atoms with Gasteiger partial charge in [-0.1, -0.05) is 0 Å². The minimum Gasteiger partial charge on any atom is -0.492 e. The van der Waals surface area contributed by atoms with E-state index < -0.39 is 26.6 Å². The van der Waals surface area contributed by atoms with E-state index in [1.54, 1.807) is 6.07 Å². The molecule has 18 heavy (non-hydrogen) atoms. The Balaban J connectivity index is 3.08. The van der Waals surface area contributed by atoms with Crippen LogP contribution in [0.15, 0.2) is 23.2 Å². The van der Waals surface area contributed by atoms with Gasteiger partial charge in [0.1, 0.15) is 17.4 Å². The molecule has 0 aliphatic rings. The van der Waals surface area contributed by atoms with E-state index in [1.807, 2.05) is 0 Å². The molecule has 1 N–H and O–H groups in total. The fraction of sp³-hybridized carbons (Fsp3) is 0.0909. The van der Waals surface area contributed by atoms with Gasteiger partial charge in [0.05, 0.1) is 0 Å². The predicted octanol–water partition coefficient (Wildman–Crippen LogP) is 1.35. The summed E-state index contributed by atoms with van der Waals surface area (Å²) in [6, 6.07) is 4.99. The average molecular weight is 266 g/mol. The topological polar surface area (TPSA) is 91.1 Å². The molecule has 0 unspecified atom stereocenters. The molecule has 0 saturated carbocycles. The molecule has 0 atom stereocenters. The Morgan fingerprint density at radius 1 is 1.39 bits per heavy atom. The monoisotopic (exact) mass is 266 g/mol. The van der Waals surface area contributed by atoms with Gasteiger partial charge in [-0.25, -0.2) is 17.8 Å². The summed E-state index contributed by atoms with van der Waals surface area (Å²) in [5.74, 6) is -1.33. The van der Waals surface area contributed by atoms with Crippen molar-refractivity contribution in [3.63, 3.8) is 0 Å². The maximum absolute atomic E-state index is 13.2. The van der Waals surface area contributed by atoms with E-state index in [2.05, 4.69) is 4.98 Å². The van der Waals surface area contributed by atoms with Gasteiger partial charge < -0.3 is 5.11 Å². The standard InChI is InChI=1S/C11H7FN2O3S/c1-18(16,17)11-8-4-6(12)2-3-7(8)9(5-13)10(15)14-11/h2-4H,1H3,(H,14,15). The summed E-state index contributed by atoms with van der Waals surface area (Å²) in [6.45, 7) is 0. The molecule has 0 aliphatic carbocycles. The number of sulfone groups is 1. The largest absolute Gasteiger partial charge is 0.492 e. The predicted molar refractivity (Wildman–Crippen MR) is 61.2 cm³/mol. The van der Waals surface area contributed by atoms with E-state index in [-0.39, 0.29) is 16.3 Å². The second kappa shape index (κ2) is 3.92. The van der Waals surface area contributed by atoms with Crippen molar-refractivity contribution in [3.8, 4) is 11.9 Å². The Labute approximate surface area is 102 Å². The Hall–Kier alpha value is -2.20. The molecular weight excluding hydrogens is 259 g/mol. The first kappa shape index (κ1) is 12.3. The lowest BCUT2D eigenvalue weighted by Crippen LogP contribution is -2.03. The molecule has 2 rings (SSSR count). The average Bonchev–Trinajstić information content (AvgIpc) is 2.27. The van der Waals surface area contributed by atoms with Gasteiger partial charge in [0.15, 0.2) is 14.9 Å². The quantitative estimate of drug-likeness (QED) is 0.841. The maximum atomic E-state index is 13.2. The van der Waals surface area contributed by atoms with Crippen molar-refractivity contribution in [2.45, 2.75) is 5.03 Å². The molecule has 2 aromatic rings. The van der Waals surface area contributed by atoms with Crippen LogP contribution < -0.4 is 0 Å². The molecule has 92 valence electrons. The van der Waals surface area contributed by atoms with Gasteiger partial charge in [0.25, 0.3) is 0 Å². The number of aromatic hydroxyl groups is 1. The van der Waals surface area contributed by atoms with Crippen LogP contribution in [0.5, 0.6) is 5.88 Å². The number of nitrogens with zero attached hydrogens (tertiary/aromatic N) is 2. The van der Waals surface area contributed by atoms with Crippen LogP contribution >= 0.6 is 0 Å². The van der Waals surface area contributed by atoms with Crippen molar-refractivity contribution in [3.05, 3.63) is 29.6 Å². The van der Waals surface area contributed by atoms with Crippen LogP contribution in [0.3, 0.4) is 0 Å². The maximum Gasteiger partial charge on any atom is 0.231 e. The van der Waals surface area contributed by atoms with Crippen LogP contribution in [0.2, 0.25) is 0 Å². The van der Waals surface area contributed by atoms with Crippen LogP contribution in [0, 0.1) is 17.1 Å². The smallest absolute Gasteiger partial charge is 0.231 e. The van der Waals surface area contributed by atoms with Crippen molar-refractivity contribution >= 4 is 20.6 Å². The van der Waals surface area contributed by atoms with Crippen molar-refractivity contribution < 1.29 is 17.9 Å². The van der Waals surface area contributed by atoms with Gasteiger partial charge in [-0.15, -0.1) is 0 Å². The number of nitriles is 1. The summed E-state index contributed by atoms with van der Waals surface area (Å²) in [5, 5.41) is 18.1. The van der Waals surface area contributed by atoms with Crippen LogP contribution in [0.25, 0.3) is 10.8 Å². The lowest BCUT2D eigenvalue weighted by atomic mass is 10.1. The summed E-state index contributed by atoms with van der Waals surface area (Å²) in [5.41, 5.74) is -0.183. The molecule has 0 amide bonds. The summed E-state index contributed by atoms with van der Waals surface area (Å²) in [7, 11) is -3.74. The molecule has 7 heteroatoms. The number of aromatic nitrogens is 1. The van der Waals surface area contributed by atoms with Gasteiger partial charge in [0.2, 0.25) is 5.88 Å². The molecule has 1 aromatic carbocycles. The number of rotatable bonds is 1. The SMILES string of the molecule is CS(=O)(=O)c1nc(O)c(C#N)c2ccc(F)cc12. The zero-order chi connectivity index (χ0) is 13.5. The number of pyridine rings is 1. The van der Waals surface area contributed by atoms with E-state index in [0.717, 1.165) is 18.4 Å². The number of benzene rings is 1. The number of hydrogen-bond acceptors (Lipinski definition) is 5. The molecule has 0 bridgehead atoms. The molecule has 1 heterocycles. The molecule has 0 fully saturated rings. The molecule has 5 nitrogen and oxygen atoms in total. The zero-order valence-corrected chi connectivity index (χ0v) is 9.99. The fourth-order valence-corrected chi connectivity index (χ4v) is 2.46. The van der Waals surface area contributed by atoms with Gasteiger partial charge in [-0.2, -0.15) is 5.26 Å². The highest BCUT2D eigenvalue weighted by Crippen LogP contribution is 2.30. The van der Waals surface area contributed by atoms with Gasteiger partial charge in [0, 0.05) is 17.0 Å². The number of fused-ring (bicyclic) bond motifs is 1. The molecule has 1 aromatic heterocycles. The minimum absolute atomic E-state index is 0.0214. The fourth-order valence-electron chi connectivity index (χ4n) is 1.64. The first-order valence-electron chi connectivity index (χ1n) is 4.77. The summed E-state index contributed by atoms with van der Waals surface area (Å²) < 4.78 is 36.2. The van der Waals surface area contributed by atoms with Gasteiger partial charge in [-0.05, 0) is 18.2 Å². The molecule has 0 saturated heterocycles. The van der Waals surface area contributed by atoms with E-state index in [4.69, 9.17) is 5.26 Å². The first-order chi connectivity index (χ1) is 8.34. The van der Waals surface area contributed by atoms with Crippen molar-refractivity contribution in [1.82, 2.24) is 4.98 Å². The molecule has 0 aliphatic heterocycles. The molecule has 0 radical (unpaired) electrons. The number of halogens is 1. The van der Waals surface area contributed by atoms with Crippen molar-refractivity contribution in [2.24, 2.45) is 0 Å². The van der Waals surface area contributed by atoms with Crippen LogP contribution in [0.4, 0.5) is 4.39 Å². The summed E-state index contributed by atoms with van der Waals surface area (Å²) >= 11 is 0. The Bertz CT molecular complexity index is 794. The lowest BCUT2D eigenvalue weighted by Gasteiger charge is -2.07. The second-order valence-electron chi connectivity index (χ2n) is 3.69. The highest BCUT2D eigenvalue weighted by molar-refractivity contribution is 7.90.